The summed E-state index contributed by atoms with van der Waals surface area (Å²) >= 11 is 0. The summed E-state index contributed by atoms with van der Waals surface area (Å²) in [6.45, 7) is 0.466. The number of anilines is 1. The first-order valence-electron chi connectivity index (χ1n) is 5.54. The van der Waals surface area contributed by atoms with Crippen molar-refractivity contribution in [1.29, 1.82) is 5.26 Å². The van der Waals surface area contributed by atoms with Crippen LogP contribution in [0.25, 0.3) is 0 Å². The fraction of sp³-hybridized carbons (Fsp3) is 0.455. The van der Waals surface area contributed by atoms with E-state index in [1.165, 1.54) is 12.3 Å². The van der Waals surface area contributed by atoms with E-state index in [-0.39, 0.29) is 5.91 Å². The van der Waals surface area contributed by atoms with E-state index in [0.717, 1.165) is 12.8 Å². The first kappa shape index (κ1) is 11.3. The molecule has 0 aromatic carbocycles. The van der Waals surface area contributed by atoms with Gasteiger partial charge in [-0.05, 0) is 18.9 Å². The third-order valence-corrected chi connectivity index (χ3v) is 2.35. The summed E-state index contributed by atoms with van der Waals surface area (Å²) in [5, 5.41) is 14.4. The minimum absolute atomic E-state index is 0.0384. The lowest BCUT2D eigenvalue weighted by molar-refractivity contribution is -0.120. The Labute approximate surface area is 99.1 Å². The minimum atomic E-state index is 0.0384. The number of amides is 1. The van der Waals surface area contributed by atoms with Crippen molar-refractivity contribution >= 4 is 11.9 Å². The first-order chi connectivity index (χ1) is 8.28. The standard InChI is InChI=1S/C11H13N5O/c12-7-9-3-5-13-11(16-9)14-6-4-10(17)15-8-1-2-8/h3,5,8H,1-2,4,6H2,(H,15,17)(H,13,14,16). The molecule has 1 saturated carbocycles. The molecule has 0 bridgehead atoms. The van der Waals surface area contributed by atoms with Gasteiger partial charge in [0.1, 0.15) is 11.8 Å². The average Bonchev–Trinajstić information content (AvgIpc) is 3.13. The molecule has 1 fully saturated rings. The Morgan fingerprint density at radius 1 is 1.59 bits per heavy atom. The molecule has 6 nitrogen and oxygen atoms in total. The Morgan fingerprint density at radius 2 is 2.41 bits per heavy atom. The molecule has 1 amide bonds. The Bertz CT molecular complexity index is 449. The van der Waals surface area contributed by atoms with Crippen LogP contribution >= 0.6 is 0 Å². The van der Waals surface area contributed by atoms with E-state index in [2.05, 4.69) is 20.6 Å². The molecular weight excluding hydrogens is 218 g/mol. The molecule has 2 N–H and O–H groups in total. The Balaban J connectivity index is 1.73. The highest BCUT2D eigenvalue weighted by Gasteiger charge is 2.22. The lowest BCUT2D eigenvalue weighted by Crippen LogP contribution is -2.27. The van der Waals surface area contributed by atoms with Crippen LogP contribution in [0.5, 0.6) is 0 Å². The maximum Gasteiger partial charge on any atom is 0.223 e. The molecule has 2 rings (SSSR count). The second-order valence-electron chi connectivity index (χ2n) is 3.90. The molecule has 1 aromatic rings. The summed E-state index contributed by atoms with van der Waals surface area (Å²) in [6.07, 6.45) is 4.08. The highest BCUT2D eigenvalue weighted by atomic mass is 16.1. The van der Waals surface area contributed by atoms with Crippen LogP contribution < -0.4 is 10.6 Å². The Morgan fingerprint density at radius 3 is 3.12 bits per heavy atom. The SMILES string of the molecule is N#Cc1ccnc(NCCC(=O)NC2CC2)n1. The second kappa shape index (κ2) is 5.25. The van der Waals surface area contributed by atoms with E-state index in [9.17, 15) is 4.79 Å². The summed E-state index contributed by atoms with van der Waals surface area (Å²) < 4.78 is 0. The van der Waals surface area contributed by atoms with Crippen molar-refractivity contribution in [3.05, 3.63) is 18.0 Å². The first-order valence-corrected chi connectivity index (χ1v) is 5.54. The van der Waals surface area contributed by atoms with E-state index >= 15 is 0 Å². The van der Waals surface area contributed by atoms with Gasteiger partial charge in [0.15, 0.2) is 0 Å². The van der Waals surface area contributed by atoms with Gasteiger partial charge >= 0.3 is 0 Å². The van der Waals surface area contributed by atoms with Gasteiger partial charge in [0, 0.05) is 25.2 Å². The van der Waals surface area contributed by atoms with Gasteiger partial charge in [-0.25, -0.2) is 9.97 Å². The summed E-state index contributed by atoms with van der Waals surface area (Å²) in [5.74, 6) is 0.416. The highest BCUT2D eigenvalue weighted by Crippen LogP contribution is 2.18. The number of rotatable bonds is 5. The van der Waals surface area contributed by atoms with Crippen LogP contribution in [-0.2, 0) is 4.79 Å². The quantitative estimate of drug-likeness (QED) is 0.766. The molecular formula is C11H13N5O. The number of carbonyl (C=O) groups is 1. The van der Waals surface area contributed by atoms with Gasteiger partial charge in [0.05, 0.1) is 0 Å². The predicted molar refractivity (Wildman–Crippen MR) is 61.0 cm³/mol. The number of nitrogens with one attached hydrogen (secondary N) is 2. The lowest BCUT2D eigenvalue weighted by Gasteiger charge is -2.05. The number of nitriles is 1. The summed E-state index contributed by atoms with van der Waals surface area (Å²) in [4.78, 5) is 19.3. The lowest BCUT2D eigenvalue weighted by atomic mass is 10.4. The van der Waals surface area contributed by atoms with Gasteiger partial charge in [-0.15, -0.1) is 0 Å². The zero-order valence-electron chi connectivity index (χ0n) is 9.31. The maximum absolute atomic E-state index is 11.4. The van der Waals surface area contributed by atoms with Crippen LogP contribution in [0.4, 0.5) is 5.95 Å². The van der Waals surface area contributed by atoms with Gasteiger partial charge in [-0.2, -0.15) is 5.26 Å². The van der Waals surface area contributed by atoms with E-state index < -0.39 is 0 Å². The van der Waals surface area contributed by atoms with Crippen molar-refractivity contribution in [2.45, 2.75) is 25.3 Å². The van der Waals surface area contributed by atoms with Crippen molar-refractivity contribution in [1.82, 2.24) is 15.3 Å². The third-order valence-electron chi connectivity index (χ3n) is 2.35. The number of hydrogen-bond acceptors (Lipinski definition) is 5. The normalized spacial score (nSPS) is 13.8. The molecule has 0 aliphatic heterocycles. The van der Waals surface area contributed by atoms with Crippen LogP contribution in [-0.4, -0.2) is 28.5 Å². The smallest absolute Gasteiger partial charge is 0.223 e. The zero-order valence-corrected chi connectivity index (χ0v) is 9.31. The van der Waals surface area contributed by atoms with Crippen molar-refractivity contribution in [3.63, 3.8) is 0 Å². The van der Waals surface area contributed by atoms with E-state index in [4.69, 9.17) is 5.26 Å². The van der Waals surface area contributed by atoms with Crippen LogP contribution in [0.15, 0.2) is 12.3 Å². The van der Waals surface area contributed by atoms with Crippen molar-refractivity contribution in [3.8, 4) is 6.07 Å². The number of nitrogens with zero attached hydrogens (tertiary/aromatic N) is 3. The Kier molecular flexibility index (Phi) is 3.50. The van der Waals surface area contributed by atoms with Crippen molar-refractivity contribution in [2.75, 3.05) is 11.9 Å². The number of aromatic nitrogens is 2. The van der Waals surface area contributed by atoms with Gasteiger partial charge in [-0.1, -0.05) is 0 Å². The summed E-state index contributed by atoms with van der Waals surface area (Å²) in [6, 6.07) is 3.85. The van der Waals surface area contributed by atoms with Gasteiger partial charge in [-0.3, -0.25) is 4.79 Å². The van der Waals surface area contributed by atoms with Crippen LogP contribution in [0, 0.1) is 11.3 Å². The monoisotopic (exact) mass is 231 g/mol. The molecule has 0 saturated heterocycles. The minimum Gasteiger partial charge on any atom is -0.354 e. The van der Waals surface area contributed by atoms with E-state index in [0.29, 0.717) is 30.6 Å². The fourth-order valence-corrected chi connectivity index (χ4v) is 1.32. The highest BCUT2D eigenvalue weighted by molar-refractivity contribution is 5.77. The van der Waals surface area contributed by atoms with Crippen LogP contribution in [0.1, 0.15) is 25.0 Å². The molecule has 17 heavy (non-hydrogen) atoms. The second-order valence-corrected chi connectivity index (χ2v) is 3.90. The molecule has 1 aliphatic carbocycles. The number of carbonyl (C=O) groups excluding carboxylic acids is 1. The summed E-state index contributed by atoms with van der Waals surface area (Å²) in [7, 11) is 0. The molecule has 0 spiro atoms. The molecule has 0 unspecified atom stereocenters. The molecule has 1 aliphatic rings. The van der Waals surface area contributed by atoms with Crippen molar-refractivity contribution in [2.24, 2.45) is 0 Å². The molecule has 6 heteroatoms. The maximum atomic E-state index is 11.4. The largest absolute Gasteiger partial charge is 0.354 e. The molecule has 1 heterocycles. The van der Waals surface area contributed by atoms with Gasteiger partial charge in [0.2, 0.25) is 11.9 Å². The van der Waals surface area contributed by atoms with Gasteiger partial charge < -0.3 is 10.6 Å². The van der Waals surface area contributed by atoms with Crippen molar-refractivity contribution < 1.29 is 4.79 Å². The molecule has 1 aromatic heterocycles. The number of hydrogen-bond donors (Lipinski definition) is 2. The van der Waals surface area contributed by atoms with Crippen LogP contribution in [0.3, 0.4) is 0 Å². The molecule has 88 valence electrons. The van der Waals surface area contributed by atoms with Crippen LogP contribution in [0.2, 0.25) is 0 Å². The summed E-state index contributed by atoms with van der Waals surface area (Å²) in [5.41, 5.74) is 0.310. The van der Waals surface area contributed by atoms with E-state index in [1.54, 1.807) is 0 Å². The van der Waals surface area contributed by atoms with Gasteiger partial charge in [0.25, 0.3) is 0 Å². The molecule has 0 radical (unpaired) electrons. The fourth-order valence-electron chi connectivity index (χ4n) is 1.32. The average molecular weight is 231 g/mol. The third kappa shape index (κ3) is 3.72. The Hall–Kier alpha value is -2.16. The van der Waals surface area contributed by atoms with E-state index in [1.807, 2.05) is 6.07 Å². The predicted octanol–water partition coefficient (Wildman–Crippen LogP) is 0.429. The zero-order chi connectivity index (χ0) is 12.1. The topological polar surface area (TPSA) is 90.7 Å². The molecule has 0 atom stereocenters.